The van der Waals surface area contributed by atoms with E-state index in [1.807, 2.05) is 49.4 Å². The van der Waals surface area contributed by atoms with Crippen molar-refractivity contribution in [2.24, 2.45) is 0 Å². The second-order valence-corrected chi connectivity index (χ2v) is 5.13. The van der Waals surface area contributed by atoms with E-state index >= 15 is 0 Å². The van der Waals surface area contributed by atoms with Gasteiger partial charge >= 0.3 is 5.97 Å². The number of benzene rings is 1. The third-order valence-electron chi connectivity index (χ3n) is 3.52. The highest BCUT2D eigenvalue weighted by Crippen LogP contribution is 2.19. The Kier molecular flexibility index (Phi) is 4.10. The number of hydrogen-bond donors (Lipinski definition) is 0. The number of hydrogen-bond acceptors (Lipinski definition) is 4. The van der Waals surface area contributed by atoms with Crippen molar-refractivity contribution >= 4 is 16.9 Å². The third kappa shape index (κ3) is 2.96. The van der Waals surface area contributed by atoms with E-state index in [-0.39, 0.29) is 11.9 Å². The molecule has 0 N–H and O–H groups in total. The molecule has 4 heteroatoms. The number of nitrogens with zero attached hydrogens (tertiary/aromatic N) is 2. The Morgan fingerprint density at radius 1 is 1.05 bits per heavy atom. The molecule has 0 spiro atoms. The highest BCUT2D eigenvalue weighted by Gasteiger charge is 2.14. The van der Waals surface area contributed by atoms with Crippen LogP contribution in [0.4, 0.5) is 0 Å². The van der Waals surface area contributed by atoms with Crippen LogP contribution in [0.15, 0.2) is 60.9 Å². The van der Waals surface area contributed by atoms with Crippen LogP contribution in [0.5, 0.6) is 0 Å². The van der Waals surface area contributed by atoms with Crippen LogP contribution < -0.4 is 0 Å². The number of pyridine rings is 2. The fourth-order valence-corrected chi connectivity index (χ4v) is 2.31. The number of fused-ring (bicyclic) bond motifs is 1. The molecule has 0 radical (unpaired) electrons. The predicted octanol–water partition coefficient (Wildman–Crippen LogP) is 3.59. The third-order valence-corrected chi connectivity index (χ3v) is 3.52. The second kappa shape index (κ2) is 6.35. The highest BCUT2D eigenvalue weighted by molar-refractivity contribution is 6.03. The SMILES string of the molecule is CC(COC(=O)c1cccc2ncccc12)c1ccccn1. The average molecular weight is 292 g/mol. The van der Waals surface area contributed by atoms with Gasteiger partial charge in [0.05, 0.1) is 17.7 Å². The van der Waals surface area contributed by atoms with Crippen LogP contribution in [-0.2, 0) is 4.74 Å². The number of carbonyl (C=O) groups excluding carboxylic acids is 1. The van der Waals surface area contributed by atoms with Gasteiger partial charge in [-0.25, -0.2) is 4.79 Å². The van der Waals surface area contributed by atoms with Gasteiger partial charge in [0.1, 0.15) is 0 Å². The smallest absolute Gasteiger partial charge is 0.338 e. The van der Waals surface area contributed by atoms with Gasteiger partial charge < -0.3 is 4.74 Å². The maximum absolute atomic E-state index is 12.3. The zero-order chi connectivity index (χ0) is 15.4. The van der Waals surface area contributed by atoms with E-state index in [4.69, 9.17) is 4.74 Å². The van der Waals surface area contributed by atoms with Gasteiger partial charge in [-0.05, 0) is 30.3 Å². The first-order chi connectivity index (χ1) is 10.8. The molecule has 2 heterocycles. The average Bonchev–Trinajstić information content (AvgIpc) is 2.59. The van der Waals surface area contributed by atoms with Crippen molar-refractivity contribution < 1.29 is 9.53 Å². The fourth-order valence-electron chi connectivity index (χ4n) is 2.31. The summed E-state index contributed by atoms with van der Waals surface area (Å²) in [4.78, 5) is 20.9. The molecule has 1 atom stereocenters. The molecule has 22 heavy (non-hydrogen) atoms. The summed E-state index contributed by atoms with van der Waals surface area (Å²) in [7, 11) is 0. The van der Waals surface area contributed by atoms with E-state index in [2.05, 4.69) is 9.97 Å². The van der Waals surface area contributed by atoms with E-state index in [9.17, 15) is 4.79 Å². The minimum Gasteiger partial charge on any atom is -0.461 e. The summed E-state index contributed by atoms with van der Waals surface area (Å²) in [5, 5.41) is 0.806. The molecule has 1 unspecified atom stereocenters. The fraction of sp³-hybridized carbons (Fsp3) is 0.167. The molecular formula is C18H16N2O2. The van der Waals surface area contributed by atoms with Crippen molar-refractivity contribution in [2.45, 2.75) is 12.8 Å². The second-order valence-electron chi connectivity index (χ2n) is 5.13. The predicted molar refractivity (Wildman–Crippen MR) is 84.7 cm³/mol. The van der Waals surface area contributed by atoms with Gasteiger partial charge in [0.25, 0.3) is 0 Å². The van der Waals surface area contributed by atoms with Crippen LogP contribution in [0.25, 0.3) is 10.9 Å². The number of rotatable bonds is 4. The largest absolute Gasteiger partial charge is 0.461 e. The Hall–Kier alpha value is -2.75. The minimum atomic E-state index is -0.332. The van der Waals surface area contributed by atoms with Crippen LogP contribution in [0, 0.1) is 0 Å². The molecule has 110 valence electrons. The van der Waals surface area contributed by atoms with Gasteiger partial charge in [0, 0.05) is 29.4 Å². The molecule has 0 aliphatic rings. The van der Waals surface area contributed by atoms with Crippen molar-refractivity contribution in [3.63, 3.8) is 0 Å². The Morgan fingerprint density at radius 2 is 1.91 bits per heavy atom. The van der Waals surface area contributed by atoms with Crippen molar-refractivity contribution in [1.29, 1.82) is 0 Å². The lowest BCUT2D eigenvalue weighted by molar-refractivity contribution is 0.0486. The molecule has 1 aromatic carbocycles. The Labute approximate surface area is 128 Å². The molecule has 0 fully saturated rings. The Bertz CT molecular complexity index is 782. The van der Waals surface area contributed by atoms with Crippen LogP contribution >= 0.6 is 0 Å². The first-order valence-electron chi connectivity index (χ1n) is 7.17. The standard InChI is InChI=1S/C18H16N2O2/c1-13(16-8-2-3-10-19-16)12-22-18(21)15-6-4-9-17-14(15)7-5-11-20-17/h2-11,13H,12H2,1H3. The Morgan fingerprint density at radius 3 is 2.73 bits per heavy atom. The number of aromatic nitrogens is 2. The van der Waals surface area contributed by atoms with Gasteiger partial charge in [-0.1, -0.05) is 25.1 Å². The first kappa shape index (κ1) is 14.2. The molecule has 0 bridgehead atoms. The van der Waals surface area contributed by atoms with Gasteiger partial charge in [-0.15, -0.1) is 0 Å². The molecule has 4 nitrogen and oxygen atoms in total. The number of esters is 1. The van der Waals surface area contributed by atoms with Crippen LogP contribution in [0.2, 0.25) is 0 Å². The molecule has 3 rings (SSSR count). The van der Waals surface area contributed by atoms with Crippen molar-refractivity contribution in [3.05, 3.63) is 72.2 Å². The van der Waals surface area contributed by atoms with E-state index in [0.29, 0.717) is 12.2 Å². The number of ether oxygens (including phenoxy) is 1. The summed E-state index contributed by atoms with van der Waals surface area (Å²) < 4.78 is 5.45. The first-order valence-corrected chi connectivity index (χ1v) is 7.17. The highest BCUT2D eigenvalue weighted by atomic mass is 16.5. The van der Waals surface area contributed by atoms with Crippen LogP contribution in [-0.4, -0.2) is 22.5 Å². The van der Waals surface area contributed by atoms with Crippen LogP contribution in [0.1, 0.15) is 28.9 Å². The summed E-state index contributed by atoms with van der Waals surface area (Å²) in [6.45, 7) is 2.28. The maximum atomic E-state index is 12.3. The molecule has 0 aliphatic heterocycles. The van der Waals surface area contributed by atoms with Gasteiger partial charge in [-0.2, -0.15) is 0 Å². The van der Waals surface area contributed by atoms with E-state index < -0.39 is 0 Å². The normalized spacial score (nSPS) is 12.0. The zero-order valence-electron chi connectivity index (χ0n) is 12.3. The quantitative estimate of drug-likeness (QED) is 0.690. The number of carbonyl (C=O) groups is 1. The Balaban J connectivity index is 1.74. The van der Waals surface area contributed by atoms with Gasteiger partial charge in [0.15, 0.2) is 0 Å². The van der Waals surface area contributed by atoms with Crippen molar-refractivity contribution in [1.82, 2.24) is 9.97 Å². The van der Waals surface area contributed by atoms with E-state index in [0.717, 1.165) is 16.6 Å². The molecular weight excluding hydrogens is 276 g/mol. The molecule has 3 aromatic rings. The summed E-state index contributed by atoms with van der Waals surface area (Å²) >= 11 is 0. The monoisotopic (exact) mass is 292 g/mol. The van der Waals surface area contributed by atoms with Crippen LogP contribution in [0.3, 0.4) is 0 Å². The molecule has 0 saturated heterocycles. The minimum absolute atomic E-state index is 0.0539. The lowest BCUT2D eigenvalue weighted by atomic mass is 10.1. The van der Waals surface area contributed by atoms with E-state index in [1.54, 1.807) is 18.5 Å². The van der Waals surface area contributed by atoms with Crippen molar-refractivity contribution in [2.75, 3.05) is 6.61 Å². The molecule has 0 amide bonds. The lowest BCUT2D eigenvalue weighted by Crippen LogP contribution is -2.12. The summed E-state index contributed by atoms with van der Waals surface area (Å²) in [5.74, 6) is -0.278. The zero-order valence-corrected chi connectivity index (χ0v) is 12.3. The molecule has 0 aliphatic carbocycles. The topological polar surface area (TPSA) is 52.1 Å². The molecule has 0 saturated carbocycles. The van der Waals surface area contributed by atoms with Crippen molar-refractivity contribution in [3.8, 4) is 0 Å². The van der Waals surface area contributed by atoms with Gasteiger partial charge in [0.2, 0.25) is 0 Å². The summed E-state index contributed by atoms with van der Waals surface area (Å²) in [6, 6.07) is 14.9. The molecule has 2 aromatic heterocycles. The van der Waals surface area contributed by atoms with E-state index in [1.165, 1.54) is 0 Å². The summed E-state index contributed by atoms with van der Waals surface area (Å²) in [5.41, 5.74) is 2.24. The summed E-state index contributed by atoms with van der Waals surface area (Å²) in [6.07, 6.45) is 3.45. The lowest BCUT2D eigenvalue weighted by Gasteiger charge is -2.12. The maximum Gasteiger partial charge on any atom is 0.338 e. The van der Waals surface area contributed by atoms with Gasteiger partial charge in [-0.3, -0.25) is 9.97 Å².